The van der Waals surface area contributed by atoms with Crippen molar-refractivity contribution in [2.24, 2.45) is 0 Å². The van der Waals surface area contributed by atoms with Gasteiger partial charge in [0.15, 0.2) is 5.82 Å². The van der Waals surface area contributed by atoms with E-state index >= 15 is 0 Å². The first-order valence-electron chi connectivity index (χ1n) is 5.60. The van der Waals surface area contributed by atoms with Crippen LogP contribution in [-0.4, -0.2) is 21.4 Å². The van der Waals surface area contributed by atoms with Crippen LogP contribution in [0.2, 0.25) is 0 Å². The summed E-state index contributed by atoms with van der Waals surface area (Å²) in [6.45, 7) is 0.559. The van der Waals surface area contributed by atoms with E-state index in [2.05, 4.69) is 15.3 Å². The number of anilines is 1. The molecule has 0 fully saturated rings. The van der Waals surface area contributed by atoms with Gasteiger partial charge in [0, 0.05) is 18.7 Å². The summed E-state index contributed by atoms with van der Waals surface area (Å²) in [6.07, 6.45) is 2.83. The molecule has 0 bridgehead atoms. The van der Waals surface area contributed by atoms with E-state index in [1.807, 2.05) is 0 Å². The highest BCUT2D eigenvalue weighted by molar-refractivity contribution is 5.33. The predicted octanol–water partition coefficient (Wildman–Crippen LogP) is 2.18. The van der Waals surface area contributed by atoms with Crippen LogP contribution in [0, 0.1) is 15.9 Å². The molecule has 0 saturated carbocycles. The van der Waals surface area contributed by atoms with Gasteiger partial charge in [-0.05, 0) is 12.0 Å². The number of nitro benzene ring substituents is 1. The van der Waals surface area contributed by atoms with E-state index in [-0.39, 0.29) is 5.69 Å². The number of halogens is 1. The average molecular weight is 262 g/mol. The highest BCUT2D eigenvalue weighted by Crippen LogP contribution is 2.12. The highest BCUT2D eigenvalue weighted by atomic mass is 19.1. The number of hydrogen-bond acceptors (Lipinski definition) is 5. The first-order valence-corrected chi connectivity index (χ1v) is 5.60. The van der Waals surface area contributed by atoms with E-state index in [0.717, 1.165) is 18.0 Å². The van der Waals surface area contributed by atoms with Crippen LogP contribution in [-0.2, 0) is 6.42 Å². The molecule has 0 aliphatic carbocycles. The van der Waals surface area contributed by atoms with Gasteiger partial charge in [0.2, 0.25) is 5.95 Å². The van der Waals surface area contributed by atoms with Crippen molar-refractivity contribution in [3.8, 4) is 0 Å². The molecule has 2 aromatic rings. The van der Waals surface area contributed by atoms with Crippen molar-refractivity contribution in [2.45, 2.75) is 6.42 Å². The summed E-state index contributed by atoms with van der Waals surface area (Å²) in [4.78, 5) is 17.6. The molecule has 0 atom stereocenters. The van der Waals surface area contributed by atoms with Crippen LogP contribution in [0.4, 0.5) is 16.0 Å². The molecule has 0 unspecified atom stereocenters. The summed E-state index contributed by atoms with van der Waals surface area (Å²) in [5.41, 5.74) is 1.03. The lowest BCUT2D eigenvalue weighted by molar-refractivity contribution is -0.384. The molecule has 1 N–H and O–H groups in total. The number of nitrogens with zero attached hydrogens (tertiary/aromatic N) is 3. The standard InChI is InChI=1S/C12H11FN4O2/c13-10-7-15-12(16-8-10)14-6-5-9-1-3-11(4-2-9)17(18)19/h1-4,7-8H,5-6H2,(H,14,15,16). The van der Waals surface area contributed by atoms with Crippen molar-refractivity contribution in [3.05, 3.63) is 58.2 Å². The Balaban J connectivity index is 1.85. The van der Waals surface area contributed by atoms with Gasteiger partial charge in [0.05, 0.1) is 17.3 Å². The third-order valence-electron chi connectivity index (χ3n) is 2.46. The van der Waals surface area contributed by atoms with Crippen LogP contribution < -0.4 is 5.32 Å². The predicted molar refractivity (Wildman–Crippen MR) is 67.3 cm³/mol. The van der Waals surface area contributed by atoms with E-state index in [1.54, 1.807) is 12.1 Å². The molecule has 6 nitrogen and oxygen atoms in total. The fourth-order valence-corrected chi connectivity index (χ4v) is 1.51. The van der Waals surface area contributed by atoms with Crippen molar-refractivity contribution < 1.29 is 9.31 Å². The van der Waals surface area contributed by atoms with Crippen molar-refractivity contribution in [2.75, 3.05) is 11.9 Å². The maximum atomic E-state index is 12.6. The quantitative estimate of drug-likeness (QED) is 0.659. The minimum absolute atomic E-state index is 0.0681. The van der Waals surface area contributed by atoms with E-state index in [1.165, 1.54) is 12.1 Å². The number of aromatic nitrogens is 2. The number of nitrogens with one attached hydrogen (secondary N) is 1. The van der Waals surface area contributed by atoms with Gasteiger partial charge in [0.25, 0.3) is 5.69 Å². The number of hydrogen-bond donors (Lipinski definition) is 1. The number of benzene rings is 1. The lowest BCUT2D eigenvalue weighted by Crippen LogP contribution is -2.07. The van der Waals surface area contributed by atoms with Gasteiger partial charge in [-0.3, -0.25) is 10.1 Å². The molecular formula is C12H11FN4O2. The first kappa shape index (κ1) is 12.9. The Hall–Kier alpha value is -2.57. The molecule has 0 aliphatic heterocycles. The van der Waals surface area contributed by atoms with Gasteiger partial charge < -0.3 is 5.32 Å². The molecule has 0 amide bonds. The smallest absolute Gasteiger partial charge is 0.269 e. The van der Waals surface area contributed by atoms with Crippen molar-refractivity contribution >= 4 is 11.6 Å². The average Bonchev–Trinajstić information content (AvgIpc) is 2.41. The molecule has 19 heavy (non-hydrogen) atoms. The second-order valence-electron chi connectivity index (χ2n) is 3.83. The van der Waals surface area contributed by atoms with Crippen molar-refractivity contribution in [1.82, 2.24) is 9.97 Å². The van der Waals surface area contributed by atoms with E-state index in [9.17, 15) is 14.5 Å². The molecule has 7 heteroatoms. The Bertz CT molecular complexity index is 557. The molecule has 98 valence electrons. The van der Waals surface area contributed by atoms with Crippen LogP contribution in [0.15, 0.2) is 36.7 Å². The van der Waals surface area contributed by atoms with E-state index in [0.29, 0.717) is 18.9 Å². The Labute approximate surface area is 108 Å². The molecular weight excluding hydrogens is 251 g/mol. The van der Waals surface area contributed by atoms with Crippen LogP contribution in [0.3, 0.4) is 0 Å². The van der Waals surface area contributed by atoms with E-state index in [4.69, 9.17) is 0 Å². The SMILES string of the molecule is O=[N+]([O-])c1ccc(CCNc2ncc(F)cn2)cc1. The zero-order valence-corrected chi connectivity index (χ0v) is 9.91. The summed E-state index contributed by atoms with van der Waals surface area (Å²) in [7, 11) is 0. The maximum Gasteiger partial charge on any atom is 0.269 e. The fourth-order valence-electron chi connectivity index (χ4n) is 1.51. The Morgan fingerprint density at radius 3 is 2.42 bits per heavy atom. The monoisotopic (exact) mass is 262 g/mol. The number of non-ortho nitro benzene ring substituents is 1. The molecule has 2 rings (SSSR count). The number of nitro groups is 1. The Morgan fingerprint density at radius 2 is 1.84 bits per heavy atom. The third-order valence-corrected chi connectivity index (χ3v) is 2.46. The molecule has 0 spiro atoms. The fraction of sp³-hybridized carbons (Fsp3) is 0.167. The van der Waals surface area contributed by atoms with Gasteiger partial charge in [-0.15, -0.1) is 0 Å². The number of rotatable bonds is 5. The lowest BCUT2D eigenvalue weighted by atomic mass is 10.1. The minimum Gasteiger partial charge on any atom is -0.354 e. The van der Waals surface area contributed by atoms with Gasteiger partial charge in [0.1, 0.15) is 0 Å². The van der Waals surface area contributed by atoms with Crippen LogP contribution in [0.25, 0.3) is 0 Å². The Kier molecular flexibility index (Phi) is 3.97. The van der Waals surface area contributed by atoms with Gasteiger partial charge in [-0.1, -0.05) is 12.1 Å². The molecule has 0 radical (unpaired) electrons. The maximum absolute atomic E-state index is 12.6. The summed E-state index contributed by atoms with van der Waals surface area (Å²) in [5.74, 6) is -0.135. The van der Waals surface area contributed by atoms with Gasteiger partial charge >= 0.3 is 0 Å². The summed E-state index contributed by atoms with van der Waals surface area (Å²) < 4.78 is 12.6. The zero-order valence-electron chi connectivity index (χ0n) is 9.91. The molecule has 0 saturated heterocycles. The minimum atomic E-state index is -0.485. The second-order valence-corrected chi connectivity index (χ2v) is 3.83. The van der Waals surface area contributed by atoms with Crippen LogP contribution in [0.1, 0.15) is 5.56 Å². The zero-order chi connectivity index (χ0) is 13.7. The molecule has 1 heterocycles. The topological polar surface area (TPSA) is 81.0 Å². The van der Waals surface area contributed by atoms with Crippen LogP contribution in [0.5, 0.6) is 0 Å². The van der Waals surface area contributed by atoms with Gasteiger partial charge in [-0.25, -0.2) is 14.4 Å². The molecule has 1 aromatic heterocycles. The normalized spacial score (nSPS) is 10.2. The second kappa shape index (κ2) is 5.85. The Morgan fingerprint density at radius 1 is 1.21 bits per heavy atom. The lowest BCUT2D eigenvalue weighted by Gasteiger charge is -2.04. The summed E-state index contributed by atoms with van der Waals surface area (Å²) in [6, 6.07) is 6.32. The summed E-state index contributed by atoms with van der Waals surface area (Å²) >= 11 is 0. The molecule has 1 aromatic carbocycles. The highest BCUT2D eigenvalue weighted by Gasteiger charge is 2.03. The van der Waals surface area contributed by atoms with Gasteiger partial charge in [-0.2, -0.15) is 0 Å². The molecule has 0 aliphatic rings. The van der Waals surface area contributed by atoms with E-state index < -0.39 is 10.7 Å². The van der Waals surface area contributed by atoms with Crippen molar-refractivity contribution in [1.29, 1.82) is 0 Å². The largest absolute Gasteiger partial charge is 0.354 e. The first-order chi connectivity index (χ1) is 9.15. The third kappa shape index (κ3) is 3.70. The van der Waals surface area contributed by atoms with Crippen LogP contribution >= 0.6 is 0 Å². The van der Waals surface area contributed by atoms with Crippen molar-refractivity contribution in [3.63, 3.8) is 0 Å². The summed E-state index contributed by atoms with van der Waals surface area (Å²) in [5, 5.41) is 13.4.